The number of carboxylic acids is 1. The van der Waals surface area contributed by atoms with Crippen LogP contribution in [0, 0.1) is 0 Å². The highest BCUT2D eigenvalue weighted by Gasteiger charge is 2.34. The Morgan fingerprint density at radius 3 is 2.95 bits per heavy atom. The van der Waals surface area contributed by atoms with Crippen LogP contribution in [0.1, 0.15) is 18.5 Å². The zero-order chi connectivity index (χ0) is 14.7. The molecule has 2 unspecified atom stereocenters. The summed E-state index contributed by atoms with van der Waals surface area (Å²) in [5, 5.41) is 12.9. The molecule has 0 aliphatic carbocycles. The first-order valence-electron chi connectivity index (χ1n) is 6.57. The lowest BCUT2D eigenvalue weighted by Gasteiger charge is -2.38. The molecule has 0 amide bonds. The Balaban J connectivity index is 2.42. The van der Waals surface area contributed by atoms with Gasteiger partial charge in [-0.2, -0.15) is 0 Å². The summed E-state index contributed by atoms with van der Waals surface area (Å²) in [5.41, 5.74) is 0.683. The van der Waals surface area contributed by atoms with Gasteiger partial charge in [-0.05, 0) is 25.1 Å². The van der Waals surface area contributed by atoms with Crippen molar-refractivity contribution in [3.8, 4) is 5.75 Å². The second-order valence-corrected chi connectivity index (χ2v) is 5.83. The molecule has 0 aromatic heterocycles. The maximum Gasteiger partial charge on any atom is 0.325 e. The minimum absolute atomic E-state index is 0.161. The SMILES string of the molecule is COc1ccc(Br)cc1C(C(=O)O)N1CCNCC1C. The van der Waals surface area contributed by atoms with E-state index in [1.54, 1.807) is 13.2 Å². The summed E-state index contributed by atoms with van der Waals surface area (Å²) in [7, 11) is 1.56. The standard InChI is InChI=1S/C14H19BrN2O3/c1-9-8-16-5-6-17(9)13(14(18)19)11-7-10(15)3-4-12(11)20-2/h3-4,7,9,13,16H,5-6,8H2,1-2H3,(H,18,19). The third-order valence-electron chi connectivity index (χ3n) is 3.60. The van der Waals surface area contributed by atoms with Crippen molar-refractivity contribution in [3.05, 3.63) is 28.2 Å². The minimum Gasteiger partial charge on any atom is -0.496 e. The second-order valence-electron chi connectivity index (χ2n) is 4.92. The summed E-state index contributed by atoms with van der Waals surface area (Å²) >= 11 is 3.40. The highest BCUT2D eigenvalue weighted by molar-refractivity contribution is 9.10. The average molecular weight is 343 g/mol. The van der Waals surface area contributed by atoms with E-state index in [0.717, 1.165) is 17.6 Å². The lowest BCUT2D eigenvalue weighted by Crippen LogP contribution is -2.52. The fraction of sp³-hybridized carbons (Fsp3) is 0.500. The van der Waals surface area contributed by atoms with Crippen LogP contribution in [0.5, 0.6) is 5.75 Å². The number of hydrogen-bond donors (Lipinski definition) is 2. The maximum absolute atomic E-state index is 11.8. The van der Waals surface area contributed by atoms with Crippen LogP contribution in [0.15, 0.2) is 22.7 Å². The van der Waals surface area contributed by atoms with Crippen LogP contribution in [0.4, 0.5) is 0 Å². The Morgan fingerprint density at radius 2 is 2.35 bits per heavy atom. The normalized spacial score (nSPS) is 21.4. The number of ether oxygens (including phenoxy) is 1. The molecule has 5 nitrogen and oxygen atoms in total. The number of carboxylic acid groups (broad SMARTS) is 1. The lowest BCUT2D eigenvalue weighted by molar-refractivity contribution is -0.145. The molecule has 1 aromatic carbocycles. The lowest BCUT2D eigenvalue weighted by atomic mass is 10.0. The summed E-state index contributed by atoms with van der Waals surface area (Å²) < 4.78 is 6.18. The van der Waals surface area contributed by atoms with Crippen LogP contribution >= 0.6 is 15.9 Å². The van der Waals surface area contributed by atoms with Crippen LogP contribution in [0.3, 0.4) is 0 Å². The largest absolute Gasteiger partial charge is 0.496 e. The van der Waals surface area contributed by atoms with E-state index in [4.69, 9.17) is 4.74 Å². The Kier molecular flexibility index (Phi) is 5.01. The first-order valence-corrected chi connectivity index (χ1v) is 7.36. The molecule has 1 aliphatic heterocycles. The van der Waals surface area contributed by atoms with E-state index >= 15 is 0 Å². The highest BCUT2D eigenvalue weighted by Crippen LogP contribution is 2.33. The fourth-order valence-electron chi connectivity index (χ4n) is 2.61. The van der Waals surface area contributed by atoms with Gasteiger partial charge in [-0.25, -0.2) is 0 Å². The van der Waals surface area contributed by atoms with E-state index in [2.05, 4.69) is 21.2 Å². The molecule has 1 saturated heterocycles. The molecule has 110 valence electrons. The Morgan fingerprint density at radius 1 is 1.60 bits per heavy atom. The average Bonchev–Trinajstić information content (AvgIpc) is 2.41. The van der Waals surface area contributed by atoms with Crippen molar-refractivity contribution >= 4 is 21.9 Å². The number of carbonyl (C=O) groups is 1. The molecule has 2 N–H and O–H groups in total. The number of rotatable bonds is 4. The van der Waals surface area contributed by atoms with Crippen LogP contribution in [-0.4, -0.2) is 48.8 Å². The van der Waals surface area contributed by atoms with E-state index in [1.807, 2.05) is 24.0 Å². The quantitative estimate of drug-likeness (QED) is 0.874. The van der Waals surface area contributed by atoms with E-state index in [1.165, 1.54) is 0 Å². The van der Waals surface area contributed by atoms with Crippen molar-refractivity contribution < 1.29 is 14.6 Å². The molecule has 1 heterocycles. The molecule has 0 saturated carbocycles. The number of hydrogen-bond acceptors (Lipinski definition) is 4. The molecule has 20 heavy (non-hydrogen) atoms. The number of piperazine rings is 1. The van der Waals surface area contributed by atoms with Gasteiger partial charge in [-0.15, -0.1) is 0 Å². The summed E-state index contributed by atoms with van der Waals surface area (Å²) in [5.74, 6) is -0.249. The Bertz CT molecular complexity index is 495. The third kappa shape index (κ3) is 3.13. The van der Waals surface area contributed by atoms with Crippen LogP contribution < -0.4 is 10.1 Å². The third-order valence-corrected chi connectivity index (χ3v) is 4.10. The van der Waals surface area contributed by atoms with E-state index in [-0.39, 0.29) is 6.04 Å². The molecule has 2 rings (SSSR count). The molecule has 0 spiro atoms. The number of benzene rings is 1. The molecule has 1 aliphatic rings. The van der Waals surface area contributed by atoms with Gasteiger partial charge in [0.25, 0.3) is 0 Å². The van der Waals surface area contributed by atoms with Gasteiger partial charge in [-0.3, -0.25) is 9.69 Å². The van der Waals surface area contributed by atoms with Crippen molar-refractivity contribution in [2.45, 2.75) is 19.0 Å². The molecule has 1 aromatic rings. The smallest absolute Gasteiger partial charge is 0.325 e. The summed E-state index contributed by atoms with van der Waals surface area (Å²) in [6, 6.07) is 4.94. The molecular formula is C14H19BrN2O3. The van der Waals surface area contributed by atoms with E-state index in [0.29, 0.717) is 17.9 Å². The molecular weight excluding hydrogens is 324 g/mol. The predicted octanol–water partition coefficient (Wildman–Crippen LogP) is 1.88. The zero-order valence-electron chi connectivity index (χ0n) is 11.6. The van der Waals surface area contributed by atoms with Crippen molar-refractivity contribution in [2.24, 2.45) is 0 Å². The summed E-state index contributed by atoms with van der Waals surface area (Å²) in [6.07, 6.45) is 0. The number of nitrogens with zero attached hydrogens (tertiary/aromatic N) is 1. The number of aliphatic carboxylic acids is 1. The molecule has 1 fully saturated rings. The van der Waals surface area contributed by atoms with E-state index < -0.39 is 12.0 Å². The summed E-state index contributed by atoms with van der Waals surface area (Å²) in [4.78, 5) is 13.8. The first kappa shape index (κ1) is 15.3. The monoisotopic (exact) mass is 342 g/mol. The summed E-state index contributed by atoms with van der Waals surface area (Å²) in [6.45, 7) is 4.32. The van der Waals surface area contributed by atoms with Gasteiger partial charge in [0.15, 0.2) is 0 Å². The minimum atomic E-state index is -0.852. The van der Waals surface area contributed by atoms with Crippen molar-refractivity contribution in [3.63, 3.8) is 0 Å². The number of nitrogens with one attached hydrogen (secondary N) is 1. The van der Waals surface area contributed by atoms with Crippen molar-refractivity contribution in [1.29, 1.82) is 0 Å². The van der Waals surface area contributed by atoms with Gasteiger partial charge in [0.05, 0.1) is 7.11 Å². The zero-order valence-corrected chi connectivity index (χ0v) is 13.2. The van der Waals surface area contributed by atoms with Crippen LogP contribution in [0.2, 0.25) is 0 Å². The molecule has 2 atom stereocenters. The second kappa shape index (κ2) is 6.56. The van der Waals surface area contributed by atoms with Crippen molar-refractivity contribution in [1.82, 2.24) is 10.2 Å². The Hall–Kier alpha value is -1.11. The maximum atomic E-state index is 11.8. The van der Waals surface area contributed by atoms with Gasteiger partial charge in [0.2, 0.25) is 0 Å². The van der Waals surface area contributed by atoms with Crippen molar-refractivity contribution in [2.75, 3.05) is 26.7 Å². The van der Waals surface area contributed by atoms with Gasteiger partial charge in [0.1, 0.15) is 11.8 Å². The molecule has 0 bridgehead atoms. The predicted molar refractivity (Wildman–Crippen MR) is 80.1 cm³/mol. The first-order chi connectivity index (χ1) is 9.54. The highest BCUT2D eigenvalue weighted by atomic mass is 79.9. The topological polar surface area (TPSA) is 61.8 Å². The van der Waals surface area contributed by atoms with Gasteiger partial charge >= 0.3 is 5.97 Å². The number of methoxy groups -OCH3 is 1. The van der Waals surface area contributed by atoms with Gasteiger partial charge < -0.3 is 15.2 Å². The van der Waals surface area contributed by atoms with Crippen LogP contribution in [0.25, 0.3) is 0 Å². The van der Waals surface area contributed by atoms with E-state index in [9.17, 15) is 9.90 Å². The fourth-order valence-corrected chi connectivity index (χ4v) is 2.99. The molecule has 0 radical (unpaired) electrons. The van der Waals surface area contributed by atoms with Gasteiger partial charge in [-0.1, -0.05) is 15.9 Å². The van der Waals surface area contributed by atoms with Gasteiger partial charge in [0, 0.05) is 35.7 Å². The Labute approximate surface area is 127 Å². The number of halogens is 1. The van der Waals surface area contributed by atoms with Crippen LogP contribution in [-0.2, 0) is 4.79 Å². The molecule has 6 heteroatoms.